The Bertz CT molecular complexity index is 84.5. The molecule has 3 heteroatoms. The van der Waals surface area contributed by atoms with Gasteiger partial charge in [-0.3, -0.25) is 4.79 Å². The minimum absolute atomic E-state index is 0.0764. The van der Waals surface area contributed by atoms with Crippen molar-refractivity contribution in [2.24, 2.45) is 5.73 Å². The van der Waals surface area contributed by atoms with Crippen molar-refractivity contribution in [2.75, 3.05) is 0 Å². The summed E-state index contributed by atoms with van der Waals surface area (Å²) in [6, 6.07) is 0. The molecule has 1 atom stereocenters. The number of hydrogen-bond acceptors (Lipinski definition) is 1. The normalized spacial score (nSPS) is 13.2. The van der Waals surface area contributed by atoms with E-state index in [9.17, 15) is 4.79 Å². The first-order chi connectivity index (χ1) is 3.66. The van der Waals surface area contributed by atoms with Crippen LogP contribution in [0.3, 0.4) is 0 Å². The number of carbonyl (C=O) groups is 1. The van der Waals surface area contributed by atoms with Crippen LogP contribution < -0.4 is 5.73 Å². The van der Waals surface area contributed by atoms with Crippen molar-refractivity contribution in [3.8, 4) is 0 Å². The first kappa shape index (κ1) is 7.76. The van der Waals surface area contributed by atoms with E-state index >= 15 is 0 Å². The molecule has 0 saturated carbocycles. The topological polar surface area (TPSA) is 43.1 Å². The van der Waals surface area contributed by atoms with E-state index in [1.54, 1.807) is 0 Å². The number of alkyl halides is 1. The Morgan fingerprint density at radius 2 is 2.38 bits per heavy atom. The molecule has 0 unspecified atom stereocenters. The number of rotatable bonds is 3. The Hall–Kier alpha value is -0.240. The van der Waals surface area contributed by atoms with Crippen LogP contribution in [-0.2, 0) is 4.79 Å². The number of nitrogens with two attached hydrogens (primary N) is 1. The number of halogens is 1. The summed E-state index contributed by atoms with van der Waals surface area (Å²) in [6.45, 7) is 1.92. The summed E-state index contributed by atoms with van der Waals surface area (Å²) in [5.41, 5.74) is 4.85. The highest BCUT2D eigenvalue weighted by molar-refractivity contribution is 6.21. The average Bonchev–Trinajstić information content (AvgIpc) is 1.65. The van der Waals surface area contributed by atoms with E-state index in [4.69, 9.17) is 17.3 Å². The molecule has 2 nitrogen and oxygen atoms in total. The van der Waals surface area contributed by atoms with Crippen LogP contribution in [0.25, 0.3) is 0 Å². The van der Waals surface area contributed by atoms with Gasteiger partial charge in [0.15, 0.2) is 0 Å². The molecule has 0 aromatic heterocycles. The number of amides is 1. The van der Waals surface area contributed by atoms with E-state index in [-0.39, 0.29) is 17.7 Å². The van der Waals surface area contributed by atoms with Crippen molar-refractivity contribution in [3.05, 3.63) is 0 Å². The molecule has 0 aromatic rings. The molecular formula is C5H10ClNO. The highest BCUT2D eigenvalue weighted by atomic mass is 35.5. The summed E-state index contributed by atoms with van der Waals surface area (Å²) in [5.74, 6) is -0.327. The van der Waals surface area contributed by atoms with E-state index in [0.29, 0.717) is 0 Å². The van der Waals surface area contributed by atoms with E-state index in [1.807, 2.05) is 6.92 Å². The molecule has 0 heterocycles. The van der Waals surface area contributed by atoms with Crippen LogP contribution in [0, 0.1) is 0 Å². The molecule has 0 saturated heterocycles. The summed E-state index contributed by atoms with van der Waals surface area (Å²) in [6.07, 6.45) is 1.09. The van der Waals surface area contributed by atoms with Crippen molar-refractivity contribution >= 4 is 17.5 Å². The largest absolute Gasteiger partial charge is 0.370 e. The van der Waals surface area contributed by atoms with Crippen LogP contribution in [-0.4, -0.2) is 11.3 Å². The average molecular weight is 136 g/mol. The lowest BCUT2D eigenvalue weighted by molar-refractivity contribution is -0.118. The SMILES string of the molecule is CC[C@@H](Cl)CC(N)=O. The maximum absolute atomic E-state index is 10.1. The number of primary amides is 1. The molecule has 0 aliphatic rings. The Morgan fingerprint density at radius 3 is 2.50 bits per heavy atom. The fraction of sp³-hybridized carbons (Fsp3) is 0.800. The molecule has 0 fully saturated rings. The van der Waals surface area contributed by atoms with Gasteiger partial charge in [-0.1, -0.05) is 6.92 Å². The molecule has 0 aromatic carbocycles. The molecule has 0 rings (SSSR count). The minimum atomic E-state index is -0.327. The Balaban J connectivity index is 3.24. The van der Waals surface area contributed by atoms with Gasteiger partial charge < -0.3 is 5.73 Å². The zero-order valence-electron chi connectivity index (χ0n) is 4.86. The molecule has 0 bridgehead atoms. The second kappa shape index (κ2) is 3.72. The van der Waals surface area contributed by atoms with Gasteiger partial charge in [0.2, 0.25) is 5.91 Å². The fourth-order valence-corrected chi connectivity index (χ4v) is 0.515. The van der Waals surface area contributed by atoms with Crippen molar-refractivity contribution in [1.29, 1.82) is 0 Å². The first-order valence-electron chi connectivity index (χ1n) is 2.59. The molecule has 0 aliphatic heterocycles. The second-order valence-corrected chi connectivity index (χ2v) is 2.29. The monoisotopic (exact) mass is 135 g/mol. The predicted molar refractivity (Wildman–Crippen MR) is 33.7 cm³/mol. The van der Waals surface area contributed by atoms with Gasteiger partial charge in [0, 0.05) is 11.8 Å². The molecule has 1 amide bonds. The van der Waals surface area contributed by atoms with Gasteiger partial charge in [0.05, 0.1) is 0 Å². The van der Waals surface area contributed by atoms with Gasteiger partial charge in [-0.05, 0) is 6.42 Å². The van der Waals surface area contributed by atoms with Gasteiger partial charge in [0.25, 0.3) is 0 Å². The molecule has 0 aliphatic carbocycles. The van der Waals surface area contributed by atoms with Gasteiger partial charge in [0.1, 0.15) is 0 Å². The van der Waals surface area contributed by atoms with E-state index in [2.05, 4.69) is 0 Å². The maximum Gasteiger partial charge on any atom is 0.218 e. The lowest BCUT2D eigenvalue weighted by Gasteiger charge is -1.99. The van der Waals surface area contributed by atoms with Crippen molar-refractivity contribution in [3.63, 3.8) is 0 Å². The maximum atomic E-state index is 10.1. The molecule has 0 spiro atoms. The number of hydrogen-bond donors (Lipinski definition) is 1. The van der Waals surface area contributed by atoms with Gasteiger partial charge in [-0.15, -0.1) is 11.6 Å². The summed E-state index contributed by atoms with van der Waals surface area (Å²) in [7, 11) is 0. The summed E-state index contributed by atoms with van der Waals surface area (Å²) in [5, 5.41) is -0.0764. The van der Waals surface area contributed by atoms with Gasteiger partial charge in [-0.25, -0.2) is 0 Å². The van der Waals surface area contributed by atoms with Crippen LogP contribution in [0.15, 0.2) is 0 Å². The van der Waals surface area contributed by atoms with Crippen molar-refractivity contribution in [1.82, 2.24) is 0 Å². The van der Waals surface area contributed by atoms with Crippen LogP contribution in [0.2, 0.25) is 0 Å². The zero-order chi connectivity index (χ0) is 6.57. The third kappa shape index (κ3) is 3.93. The molecule has 2 N–H and O–H groups in total. The first-order valence-corrected chi connectivity index (χ1v) is 3.02. The Labute approximate surface area is 54.0 Å². The van der Waals surface area contributed by atoms with Crippen molar-refractivity contribution < 1.29 is 4.79 Å². The standard InChI is InChI=1S/C5H10ClNO/c1-2-4(6)3-5(7)8/h4H,2-3H2,1H3,(H2,7,8)/t4-/m1/s1. The molecular weight excluding hydrogens is 126 g/mol. The lowest BCUT2D eigenvalue weighted by atomic mass is 10.2. The summed E-state index contributed by atoms with van der Waals surface area (Å²) in [4.78, 5) is 10.1. The van der Waals surface area contributed by atoms with Crippen molar-refractivity contribution in [2.45, 2.75) is 25.1 Å². The van der Waals surface area contributed by atoms with Crippen LogP contribution in [0.4, 0.5) is 0 Å². The smallest absolute Gasteiger partial charge is 0.218 e. The summed E-state index contributed by atoms with van der Waals surface area (Å²) < 4.78 is 0. The Kier molecular flexibility index (Phi) is 3.61. The van der Waals surface area contributed by atoms with Crippen LogP contribution in [0.1, 0.15) is 19.8 Å². The molecule has 8 heavy (non-hydrogen) atoms. The third-order valence-electron chi connectivity index (χ3n) is 0.866. The third-order valence-corrected chi connectivity index (χ3v) is 1.33. The zero-order valence-corrected chi connectivity index (χ0v) is 5.61. The highest BCUT2D eigenvalue weighted by Crippen LogP contribution is 2.04. The van der Waals surface area contributed by atoms with Crippen LogP contribution in [0.5, 0.6) is 0 Å². The molecule has 48 valence electrons. The van der Waals surface area contributed by atoms with E-state index < -0.39 is 0 Å². The van der Waals surface area contributed by atoms with E-state index in [1.165, 1.54) is 0 Å². The minimum Gasteiger partial charge on any atom is -0.370 e. The molecule has 0 radical (unpaired) electrons. The predicted octanol–water partition coefficient (Wildman–Crippen LogP) is 0.879. The fourth-order valence-electron chi connectivity index (χ4n) is 0.363. The lowest BCUT2D eigenvalue weighted by Crippen LogP contribution is -2.15. The number of carbonyl (C=O) groups excluding carboxylic acids is 1. The second-order valence-electron chi connectivity index (χ2n) is 1.68. The Morgan fingerprint density at radius 1 is 1.88 bits per heavy atom. The van der Waals surface area contributed by atoms with Gasteiger partial charge >= 0.3 is 0 Å². The van der Waals surface area contributed by atoms with E-state index in [0.717, 1.165) is 6.42 Å². The highest BCUT2D eigenvalue weighted by Gasteiger charge is 2.03. The van der Waals surface area contributed by atoms with Gasteiger partial charge in [-0.2, -0.15) is 0 Å². The quantitative estimate of drug-likeness (QED) is 0.574. The van der Waals surface area contributed by atoms with Crippen LogP contribution >= 0.6 is 11.6 Å². The summed E-state index contributed by atoms with van der Waals surface area (Å²) >= 11 is 5.56.